The van der Waals surface area contributed by atoms with E-state index in [4.69, 9.17) is 4.74 Å². The molecular formula is C17H17NO3. The Morgan fingerprint density at radius 3 is 2.14 bits per heavy atom. The molecule has 0 fully saturated rings. The Labute approximate surface area is 123 Å². The van der Waals surface area contributed by atoms with Gasteiger partial charge >= 0.3 is 0 Å². The van der Waals surface area contributed by atoms with Crippen molar-refractivity contribution >= 4 is 18.1 Å². The predicted molar refractivity (Wildman–Crippen MR) is 81.7 cm³/mol. The van der Waals surface area contributed by atoms with Crippen molar-refractivity contribution in [2.24, 2.45) is 0 Å². The molecule has 2 aromatic carbocycles. The lowest BCUT2D eigenvalue weighted by Crippen LogP contribution is -2.39. The number of carbonyl (C=O) groups excluding carboxylic acids is 2. The van der Waals surface area contributed by atoms with Crippen LogP contribution in [-0.4, -0.2) is 18.0 Å². The van der Waals surface area contributed by atoms with E-state index < -0.39 is 5.60 Å². The first-order valence-electron chi connectivity index (χ1n) is 6.61. The molecular weight excluding hydrogens is 266 g/mol. The topological polar surface area (TPSA) is 55.4 Å². The van der Waals surface area contributed by atoms with E-state index in [0.717, 1.165) is 11.1 Å². The van der Waals surface area contributed by atoms with Crippen LogP contribution in [0, 0.1) is 0 Å². The highest BCUT2D eigenvalue weighted by atomic mass is 16.5. The fourth-order valence-electron chi connectivity index (χ4n) is 1.83. The van der Waals surface area contributed by atoms with Crippen LogP contribution in [0.1, 0.15) is 13.8 Å². The van der Waals surface area contributed by atoms with Gasteiger partial charge in [0.25, 0.3) is 12.4 Å². The fourth-order valence-corrected chi connectivity index (χ4v) is 1.83. The third-order valence-corrected chi connectivity index (χ3v) is 3.14. The van der Waals surface area contributed by atoms with E-state index in [2.05, 4.69) is 5.32 Å². The summed E-state index contributed by atoms with van der Waals surface area (Å²) in [6, 6.07) is 17.5. The van der Waals surface area contributed by atoms with Gasteiger partial charge in [-0.2, -0.15) is 0 Å². The molecule has 4 nitrogen and oxygen atoms in total. The summed E-state index contributed by atoms with van der Waals surface area (Å²) >= 11 is 0. The first-order chi connectivity index (χ1) is 10.0. The number of anilines is 1. The number of hydrogen-bond donors (Lipinski definition) is 1. The summed E-state index contributed by atoms with van der Waals surface area (Å²) in [5.74, 6) is -0.373. The minimum atomic E-state index is -1.19. The maximum atomic E-state index is 12.0. The van der Waals surface area contributed by atoms with Crippen molar-refractivity contribution in [3.8, 4) is 11.1 Å². The Balaban J connectivity index is 2.10. The number of benzene rings is 2. The summed E-state index contributed by atoms with van der Waals surface area (Å²) in [6.07, 6.45) is 0. The van der Waals surface area contributed by atoms with Gasteiger partial charge in [0.2, 0.25) is 0 Å². The summed E-state index contributed by atoms with van der Waals surface area (Å²) in [7, 11) is 0. The van der Waals surface area contributed by atoms with Crippen LogP contribution in [-0.2, 0) is 14.3 Å². The average Bonchev–Trinajstić information content (AvgIpc) is 2.49. The Morgan fingerprint density at radius 1 is 1.00 bits per heavy atom. The Morgan fingerprint density at radius 2 is 1.57 bits per heavy atom. The normalized spacial score (nSPS) is 10.8. The Hall–Kier alpha value is -2.62. The van der Waals surface area contributed by atoms with Crippen LogP contribution in [0.5, 0.6) is 0 Å². The van der Waals surface area contributed by atoms with Crippen molar-refractivity contribution < 1.29 is 14.3 Å². The van der Waals surface area contributed by atoms with Crippen LogP contribution < -0.4 is 5.32 Å². The molecule has 0 aliphatic heterocycles. The molecule has 21 heavy (non-hydrogen) atoms. The van der Waals surface area contributed by atoms with Crippen molar-refractivity contribution in [2.45, 2.75) is 19.4 Å². The van der Waals surface area contributed by atoms with Crippen LogP contribution in [0.2, 0.25) is 0 Å². The number of ether oxygens (including phenoxy) is 1. The van der Waals surface area contributed by atoms with Gasteiger partial charge in [-0.05, 0) is 37.1 Å². The molecule has 0 atom stereocenters. The molecule has 0 radical (unpaired) electrons. The number of carbonyl (C=O) groups is 2. The SMILES string of the molecule is CC(C)(OC=O)C(=O)Nc1ccc(-c2ccccc2)cc1. The monoisotopic (exact) mass is 283 g/mol. The second-order valence-electron chi connectivity index (χ2n) is 5.12. The lowest BCUT2D eigenvalue weighted by molar-refractivity contribution is -0.150. The van der Waals surface area contributed by atoms with E-state index in [-0.39, 0.29) is 12.4 Å². The average molecular weight is 283 g/mol. The predicted octanol–water partition coefficient (Wildman–Crippen LogP) is 3.24. The standard InChI is InChI=1S/C17H17NO3/c1-17(2,21-12-19)16(20)18-15-10-8-14(9-11-15)13-6-4-3-5-7-13/h3-12H,1-2H3,(H,18,20). The van der Waals surface area contributed by atoms with E-state index >= 15 is 0 Å². The second-order valence-corrected chi connectivity index (χ2v) is 5.12. The summed E-state index contributed by atoms with van der Waals surface area (Å²) in [4.78, 5) is 22.4. The first-order valence-corrected chi connectivity index (χ1v) is 6.61. The second kappa shape index (κ2) is 6.22. The van der Waals surface area contributed by atoms with Crippen molar-refractivity contribution in [1.29, 1.82) is 0 Å². The highest BCUT2D eigenvalue weighted by Crippen LogP contribution is 2.21. The fraction of sp³-hybridized carbons (Fsp3) is 0.176. The number of nitrogens with one attached hydrogen (secondary N) is 1. The molecule has 0 aliphatic carbocycles. The minimum absolute atomic E-state index is 0.276. The highest BCUT2D eigenvalue weighted by molar-refractivity contribution is 5.97. The quantitative estimate of drug-likeness (QED) is 0.857. The smallest absolute Gasteiger partial charge is 0.294 e. The zero-order valence-electron chi connectivity index (χ0n) is 12.0. The lowest BCUT2D eigenvalue weighted by Gasteiger charge is -2.21. The zero-order valence-corrected chi connectivity index (χ0v) is 12.0. The third kappa shape index (κ3) is 3.69. The van der Waals surface area contributed by atoms with Crippen LogP contribution >= 0.6 is 0 Å². The van der Waals surface area contributed by atoms with Crippen molar-refractivity contribution in [3.63, 3.8) is 0 Å². The molecule has 0 spiro atoms. The molecule has 2 aromatic rings. The van der Waals surface area contributed by atoms with Gasteiger partial charge in [0.1, 0.15) is 0 Å². The van der Waals surface area contributed by atoms with E-state index in [1.165, 1.54) is 13.8 Å². The molecule has 1 N–H and O–H groups in total. The van der Waals surface area contributed by atoms with Gasteiger partial charge < -0.3 is 10.1 Å². The van der Waals surface area contributed by atoms with Gasteiger partial charge in [0.05, 0.1) is 0 Å². The summed E-state index contributed by atoms with van der Waals surface area (Å²) in [5.41, 5.74) is 1.64. The maximum absolute atomic E-state index is 12.0. The molecule has 108 valence electrons. The molecule has 0 bridgehead atoms. The number of rotatable bonds is 5. The lowest BCUT2D eigenvalue weighted by atomic mass is 10.1. The minimum Gasteiger partial charge on any atom is -0.452 e. The molecule has 1 amide bonds. The molecule has 0 saturated heterocycles. The Bertz CT molecular complexity index is 618. The van der Waals surface area contributed by atoms with E-state index in [1.807, 2.05) is 54.6 Å². The van der Waals surface area contributed by atoms with E-state index in [1.54, 1.807) is 0 Å². The summed E-state index contributed by atoms with van der Waals surface area (Å²) < 4.78 is 4.76. The molecule has 0 aliphatic rings. The van der Waals surface area contributed by atoms with E-state index in [9.17, 15) is 9.59 Å². The maximum Gasteiger partial charge on any atom is 0.294 e. The summed E-state index contributed by atoms with van der Waals surface area (Å²) in [6.45, 7) is 3.35. The Kier molecular flexibility index (Phi) is 4.38. The van der Waals surface area contributed by atoms with Gasteiger partial charge in [-0.3, -0.25) is 9.59 Å². The molecule has 4 heteroatoms. The number of amides is 1. The molecule has 2 rings (SSSR count). The van der Waals surface area contributed by atoms with E-state index in [0.29, 0.717) is 5.69 Å². The third-order valence-electron chi connectivity index (χ3n) is 3.14. The highest BCUT2D eigenvalue weighted by Gasteiger charge is 2.29. The van der Waals surface area contributed by atoms with Crippen LogP contribution in [0.3, 0.4) is 0 Å². The molecule has 0 aromatic heterocycles. The van der Waals surface area contributed by atoms with Gasteiger partial charge in [-0.25, -0.2) is 0 Å². The van der Waals surface area contributed by atoms with Crippen LogP contribution in [0.4, 0.5) is 5.69 Å². The van der Waals surface area contributed by atoms with Crippen molar-refractivity contribution in [1.82, 2.24) is 0 Å². The van der Waals surface area contributed by atoms with Gasteiger partial charge in [-0.15, -0.1) is 0 Å². The first kappa shape index (κ1) is 14.8. The molecule has 0 saturated carbocycles. The zero-order chi connectivity index (χ0) is 15.3. The van der Waals surface area contributed by atoms with Crippen molar-refractivity contribution in [2.75, 3.05) is 5.32 Å². The van der Waals surface area contributed by atoms with Gasteiger partial charge in [0, 0.05) is 5.69 Å². The molecule has 0 heterocycles. The summed E-state index contributed by atoms with van der Waals surface area (Å²) in [5, 5.41) is 2.72. The van der Waals surface area contributed by atoms with Crippen LogP contribution in [0.15, 0.2) is 54.6 Å². The van der Waals surface area contributed by atoms with Crippen LogP contribution in [0.25, 0.3) is 11.1 Å². The van der Waals surface area contributed by atoms with Gasteiger partial charge in [-0.1, -0.05) is 42.5 Å². The molecule has 0 unspecified atom stereocenters. The largest absolute Gasteiger partial charge is 0.452 e. The van der Waals surface area contributed by atoms with Gasteiger partial charge in [0.15, 0.2) is 5.60 Å². The number of hydrogen-bond acceptors (Lipinski definition) is 3. The van der Waals surface area contributed by atoms with Crippen molar-refractivity contribution in [3.05, 3.63) is 54.6 Å².